The molecule has 0 radical (unpaired) electrons. The minimum Gasteiger partial charge on any atom is -0.497 e. The number of methoxy groups -OCH3 is 1. The number of nitrogens with one attached hydrogen (secondary N) is 2. The molecule has 7 heteroatoms. The Morgan fingerprint density at radius 2 is 1.93 bits per heavy atom. The fraction of sp³-hybridized carbons (Fsp3) is 0.600. The quantitative estimate of drug-likeness (QED) is 0.334. The molecule has 2 N–H and O–H groups in total. The molecule has 0 aliphatic rings. The summed E-state index contributed by atoms with van der Waals surface area (Å²) in [6.07, 6.45) is 0. The van der Waals surface area contributed by atoms with Crippen molar-refractivity contribution in [2.24, 2.45) is 10.9 Å². The molecule has 0 spiro atoms. The minimum atomic E-state index is -0.125. The Morgan fingerprint density at radius 1 is 1.26 bits per heavy atom. The molecule has 6 nitrogen and oxygen atoms in total. The molecule has 0 fully saturated rings. The van der Waals surface area contributed by atoms with Crippen molar-refractivity contribution < 1.29 is 9.53 Å². The second-order valence-electron chi connectivity index (χ2n) is 7.70. The van der Waals surface area contributed by atoms with E-state index < -0.39 is 0 Å². The van der Waals surface area contributed by atoms with Crippen LogP contribution in [-0.4, -0.2) is 57.6 Å². The molecule has 0 aliphatic heterocycles. The van der Waals surface area contributed by atoms with Gasteiger partial charge in [-0.05, 0) is 23.6 Å². The lowest BCUT2D eigenvalue weighted by atomic mass is 9.84. The Hall–Kier alpha value is -1.51. The summed E-state index contributed by atoms with van der Waals surface area (Å²) in [5, 5.41) is 6.68. The van der Waals surface area contributed by atoms with Gasteiger partial charge in [0.15, 0.2) is 5.96 Å². The Kier molecular flexibility index (Phi) is 11.4. The van der Waals surface area contributed by atoms with Crippen LogP contribution in [0.15, 0.2) is 29.3 Å². The number of carbonyl (C=O) groups excluding carboxylic acids is 1. The summed E-state index contributed by atoms with van der Waals surface area (Å²) >= 11 is 0. The highest BCUT2D eigenvalue weighted by Gasteiger charge is 2.21. The van der Waals surface area contributed by atoms with Crippen LogP contribution < -0.4 is 15.4 Å². The predicted molar refractivity (Wildman–Crippen MR) is 123 cm³/mol. The maximum absolute atomic E-state index is 11.8. The summed E-state index contributed by atoms with van der Waals surface area (Å²) in [6, 6.07) is 8.09. The van der Waals surface area contributed by atoms with Crippen molar-refractivity contribution in [2.75, 3.05) is 40.8 Å². The SMILES string of the molecule is COc1cccc(C(C)(C)CNC(=NCC(=O)N(C)C)NCC(C)C)c1.I. The smallest absolute Gasteiger partial charge is 0.243 e. The first-order chi connectivity index (χ1) is 12.2. The van der Waals surface area contributed by atoms with Gasteiger partial charge in [-0.3, -0.25) is 4.79 Å². The van der Waals surface area contributed by atoms with Gasteiger partial charge in [0, 0.05) is 32.6 Å². The van der Waals surface area contributed by atoms with E-state index in [4.69, 9.17) is 4.74 Å². The Bertz CT molecular complexity index is 616. The summed E-state index contributed by atoms with van der Waals surface area (Å²) in [4.78, 5) is 17.8. The number of rotatable bonds is 8. The third kappa shape index (κ3) is 9.30. The lowest BCUT2D eigenvalue weighted by molar-refractivity contribution is -0.127. The third-order valence-corrected chi connectivity index (χ3v) is 4.10. The average Bonchev–Trinajstić information content (AvgIpc) is 2.60. The highest BCUT2D eigenvalue weighted by atomic mass is 127. The van der Waals surface area contributed by atoms with Crippen molar-refractivity contribution in [2.45, 2.75) is 33.1 Å². The fourth-order valence-corrected chi connectivity index (χ4v) is 2.21. The number of aliphatic imine (C=N–C) groups is 1. The third-order valence-electron chi connectivity index (χ3n) is 4.10. The van der Waals surface area contributed by atoms with E-state index in [0.717, 1.165) is 12.3 Å². The molecular weight excluding hydrogens is 455 g/mol. The topological polar surface area (TPSA) is 66.0 Å². The number of carbonyl (C=O) groups is 1. The van der Waals surface area contributed by atoms with Crippen molar-refractivity contribution in [3.63, 3.8) is 0 Å². The Labute approximate surface area is 181 Å². The highest BCUT2D eigenvalue weighted by molar-refractivity contribution is 14.0. The molecule has 1 aromatic carbocycles. The summed E-state index contributed by atoms with van der Waals surface area (Å²) in [7, 11) is 5.14. The van der Waals surface area contributed by atoms with Crippen LogP contribution in [0.25, 0.3) is 0 Å². The van der Waals surface area contributed by atoms with Gasteiger partial charge >= 0.3 is 0 Å². The number of halogens is 1. The lowest BCUT2D eigenvalue weighted by Crippen LogP contribution is -2.45. The molecule has 1 amide bonds. The van der Waals surface area contributed by atoms with E-state index in [9.17, 15) is 4.79 Å². The predicted octanol–water partition coefficient (Wildman–Crippen LogP) is 2.87. The van der Waals surface area contributed by atoms with Gasteiger partial charge in [-0.15, -0.1) is 24.0 Å². The number of hydrogen-bond acceptors (Lipinski definition) is 3. The second-order valence-corrected chi connectivity index (χ2v) is 7.70. The molecule has 0 heterocycles. The largest absolute Gasteiger partial charge is 0.497 e. The molecule has 0 aromatic heterocycles. The normalized spacial score (nSPS) is 11.6. The standard InChI is InChI=1S/C20H34N4O2.HI/c1-15(2)12-21-19(22-13-18(25)24(5)6)23-14-20(3,4)16-9-8-10-17(11-16)26-7;/h8-11,15H,12-14H2,1-7H3,(H2,21,22,23);1H. The van der Waals surface area contributed by atoms with Gasteiger partial charge in [-0.25, -0.2) is 4.99 Å². The monoisotopic (exact) mass is 490 g/mol. The van der Waals surface area contributed by atoms with Gasteiger partial charge in [-0.2, -0.15) is 0 Å². The molecular formula is C20H35IN4O2. The number of guanidine groups is 1. The van der Waals surface area contributed by atoms with Crippen LogP contribution in [0.2, 0.25) is 0 Å². The summed E-state index contributed by atoms with van der Waals surface area (Å²) < 4.78 is 5.33. The van der Waals surface area contributed by atoms with Crippen LogP contribution in [0, 0.1) is 5.92 Å². The van der Waals surface area contributed by atoms with Gasteiger partial charge in [0.1, 0.15) is 12.3 Å². The number of amides is 1. The van der Waals surface area contributed by atoms with Crippen molar-refractivity contribution in [3.05, 3.63) is 29.8 Å². The lowest BCUT2D eigenvalue weighted by Gasteiger charge is -2.27. The van der Waals surface area contributed by atoms with Gasteiger partial charge in [0.25, 0.3) is 0 Å². The van der Waals surface area contributed by atoms with Crippen LogP contribution in [-0.2, 0) is 10.2 Å². The zero-order valence-electron chi connectivity index (χ0n) is 17.6. The molecule has 0 bridgehead atoms. The maximum atomic E-state index is 11.8. The number of ether oxygens (including phenoxy) is 1. The Morgan fingerprint density at radius 3 is 2.48 bits per heavy atom. The number of likely N-dealkylation sites (N-methyl/N-ethyl adjacent to an activating group) is 1. The van der Waals surface area contributed by atoms with Crippen molar-refractivity contribution in [3.8, 4) is 5.75 Å². The number of nitrogens with zero attached hydrogens (tertiary/aromatic N) is 2. The van der Waals surface area contributed by atoms with Crippen LogP contribution >= 0.6 is 24.0 Å². The molecule has 1 rings (SSSR count). The molecule has 0 saturated carbocycles. The van der Waals surface area contributed by atoms with E-state index in [1.54, 1.807) is 26.1 Å². The van der Waals surface area contributed by atoms with E-state index in [1.807, 2.05) is 12.1 Å². The van der Waals surface area contributed by atoms with E-state index in [2.05, 4.69) is 55.5 Å². The molecule has 1 aromatic rings. The summed E-state index contributed by atoms with van der Waals surface area (Å²) in [6.45, 7) is 10.2. The van der Waals surface area contributed by atoms with Crippen LogP contribution in [0.5, 0.6) is 5.75 Å². The van der Waals surface area contributed by atoms with Gasteiger partial charge in [0.2, 0.25) is 5.91 Å². The van der Waals surface area contributed by atoms with Crippen LogP contribution in [0.3, 0.4) is 0 Å². The highest BCUT2D eigenvalue weighted by Crippen LogP contribution is 2.25. The molecule has 27 heavy (non-hydrogen) atoms. The van der Waals surface area contributed by atoms with Gasteiger partial charge in [0.05, 0.1) is 7.11 Å². The van der Waals surface area contributed by atoms with E-state index in [-0.39, 0.29) is 41.8 Å². The zero-order chi connectivity index (χ0) is 19.7. The van der Waals surface area contributed by atoms with Gasteiger partial charge < -0.3 is 20.3 Å². The Balaban J connectivity index is 0.00000676. The van der Waals surface area contributed by atoms with E-state index in [1.165, 1.54) is 5.56 Å². The van der Waals surface area contributed by atoms with E-state index >= 15 is 0 Å². The van der Waals surface area contributed by atoms with E-state index in [0.29, 0.717) is 18.4 Å². The molecule has 0 atom stereocenters. The fourth-order valence-electron chi connectivity index (χ4n) is 2.21. The average molecular weight is 490 g/mol. The van der Waals surface area contributed by atoms with Gasteiger partial charge in [-0.1, -0.05) is 39.8 Å². The molecule has 0 saturated heterocycles. The molecule has 154 valence electrons. The first-order valence-electron chi connectivity index (χ1n) is 9.02. The first-order valence-corrected chi connectivity index (χ1v) is 9.02. The zero-order valence-corrected chi connectivity index (χ0v) is 20.0. The maximum Gasteiger partial charge on any atom is 0.243 e. The number of hydrogen-bond donors (Lipinski definition) is 2. The summed E-state index contributed by atoms with van der Waals surface area (Å²) in [5.74, 6) is 1.96. The minimum absolute atomic E-state index is 0. The number of benzene rings is 1. The van der Waals surface area contributed by atoms with Crippen molar-refractivity contribution in [1.29, 1.82) is 0 Å². The molecule has 0 unspecified atom stereocenters. The van der Waals surface area contributed by atoms with Crippen LogP contribution in [0.1, 0.15) is 33.3 Å². The first kappa shape index (κ1) is 25.5. The second kappa shape index (κ2) is 12.0. The summed E-state index contributed by atoms with van der Waals surface area (Å²) in [5.41, 5.74) is 1.05. The van der Waals surface area contributed by atoms with Crippen molar-refractivity contribution >= 4 is 35.8 Å². The van der Waals surface area contributed by atoms with Crippen molar-refractivity contribution in [1.82, 2.24) is 15.5 Å². The molecule has 0 aliphatic carbocycles. The van der Waals surface area contributed by atoms with Crippen LogP contribution in [0.4, 0.5) is 0 Å².